The van der Waals surface area contributed by atoms with Crippen LogP contribution in [0.25, 0.3) is 0 Å². The molecule has 6 nitrogen and oxygen atoms in total. The van der Waals surface area contributed by atoms with E-state index in [2.05, 4.69) is 17.4 Å². The van der Waals surface area contributed by atoms with Crippen LogP contribution in [0.3, 0.4) is 0 Å². The maximum atomic E-state index is 13.2. The average molecular weight is 364 g/mol. The van der Waals surface area contributed by atoms with Crippen molar-refractivity contribution in [1.29, 1.82) is 0 Å². The number of rotatable bonds is 3. The van der Waals surface area contributed by atoms with Crippen LogP contribution in [-0.4, -0.2) is 23.6 Å². The van der Waals surface area contributed by atoms with E-state index in [1.165, 1.54) is 16.0 Å². The van der Waals surface area contributed by atoms with E-state index in [1.807, 2.05) is 18.2 Å². The molecule has 0 aromatic heterocycles. The van der Waals surface area contributed by atoms with Crippen molar-refractivity contribution in [1.82, 2.24) is 10.2 Å². The predicted octanol–water partition coefficient (Wildman–Crippen LogP) is 2.87. The third-order valence-corrected chi connectivity index (χ3v) is 5.73. The summed E-state index contributed by atoms with van der Waals surface area (Å²) in [5.41, 5.74) is 3.25. The number of aryl methyl sites for hydroxylation is 2. The minimum absolute atomic E-state index is 0.193. The van der Waals surface area contributed by atoms with E-state index >= 15 is 0 Å². The van der Waals surface area contributed by atoms with E-state index in [0.717, 1.165) is 30.4 Å². The zero-order chi connectivity index (χ0) is 18.6. The molecule has 1 saturated heterocycles. The minimum atomic E-state index is -1.04. The molecule has 1 fully saturated rings. The number of carbonyl (C=O) groups excluding carboxylic acids is 2. The monoisotopic (exact) mass is 364 g/mol. The smallest absolute Gasteiger partial charge is 0.325 e. The van der Waals surface area contributed by atoms with Gasteiger partial charge in [-0.3, -0.25) is 9.69 Å². The summed E-state index contributed by atoms with van der Waals surface area (Å²) in [6, 6.07) is 11.2. The normalized spacial score (nSPS) is 22.9. The molecule has 3 amide bonds. The molecule has 3 aliphatic rings. The van der Waals surface area contributed by atoms with Gasteiger partial charge >= 0.3 is 6.03 Å². The first kappa shape index (κ1) is 16.2. The van der Waals surface area contributed by atoms with Gasteiger partial charge in [-0.1, -0.05) is 24.3 Å². The molecule has 0 radical (unpaired) electrons. The number of benzene rings is 2. The highest BCUT2D eigenvalue weighted by atomic mass is 16.7. The molecule has 0 unspecified atom stereocenters. The summed E-state index contributed by atoms with van der Waals surface area (Å²) in [4.78, 5) is 27.0. The van der Waals surface area contributed by atoms with Crippen molar-refractivity contribution in [3.63, 3.8) is 0 Å². The molecule has 0 spiro atoms. The van der Waals surface area contributed by atoms with Crippen LogP contribution in [0.2, 0.25) is 0 Å². The molecule has 5 rings (SSSR count). The first-order valence-corrected chi connectivity index (χ1v) is 9.19. The number of imide groups is 1. The van der Waals surface area contributed by atoms with Gasteiger partial charge in [0.2, 0.25) is 6.79 Å². The van der Waals surface area contributed by atoms with Crippen molar-refractivity contribution in [2.24, 2.45) is 0 Å². The highest BCUT2D eigenvalue weighted by molar-refractivity contribution is 6.07. The van der Waals surface area contributed by atoms with Gasteiger partial charge in [0.05, 0.1) is 6.54 Å². The third kappa shape index (κ3) is 2.47. The summed E-state index contributed by atoms with van der Waals surface area (Å²) in [7, 11) is 0. The van der Waals surface area contributed by atoms with Crippen molar-refractivity contribution >= 4 is 11.9 Å². The Hall–Kier alpha value is -3.02. The Bertz CT molecular complexity index is 971. The van der Waals surface area contributed by atoms with Gasteiger partial charge in [-0.2, -0.15) is 0 Å². The van der Waals surface area contributed by atoms with Gasteiger partial charge in [-0.15, -0.1) is 0 Å². The van der Waals surface area contributed by atoms with Crippen molar-refractivity contribution in [2.45, 2.75) is 38.3 Å². The van der Waals surface area contributed by atoms with Crippen molar-refractivity contribution in [3.05, 3.63) is 58.7 Å². The number of fused-ring (bicyclic) bond motifs is 2. The fourth-order valence-electron chi connectivity index (χ4n) is 4.14. The highest BCUT2D eigenvalue weighted by Crippen LogP contribution is 2.35. The average Bonchev–Trinajstić information content (AvgIpc) is 3.36. The van der Waals surface area contributed by atoms with Gasteiger partial charge in [0.1, 0.15) is 5.54 Å². The van der Waals surface area contributed by atoms with Gasteiger partial charge in [0, 0.05) is 0 Å². The fourth-order valence-corrected chi connectivity index (χ4v) is 4.14. The van der Waals surface area contributed by atoms with Gasteiger partial charge in [0.15, 0.2) is 11.5 Å². The molecule has 1 aliphatic carbocycles. The molecule has 27 heavy (non-hydrogen) atoms. The second-order valence-corrected chi connectivity index (χ2v) is 7.47. The molecule has 0 bridgehead atoms. The summed E-state index contributed by atoms with van der Waals surface area (Å²) in [5, 5.41) is 2.89. The minimum Gasteiger partial charge on any atom is -0.454 e. The number of urea groups is 1. The van der Waals surface area contributed by atoms with Crippen LogP contribution < -0.4 is 14.8 Å². The molecule has 1 atom stereocenters. The number of carbonyl (C=O) groups is 2. The number of nitrogens with zero attached hydrogens (tertiary/aromatic N) is 1. The molecule has 2 aromatic rings. The molecule has 2 heterocycles. The van der Waals surface area contributed by atoms with E-state index in [1.54, 1.807) is 13.0 Å². The molecular formula is C21H20N2O4. The quantitative estimate of drug-likeness (QED) is 0.851. The Morgan fingerprint density at radius 1 is 1.04 bits per heavy atom. The number of ether oxygens (including phenoxy) is 2. The molecule has 2 aliphatic heterocycles. The van der Waals surface area contributed by atoms with Crippen LogP contribution in [0.1, 0.15) is 35.6 Å². The summed E-state index contributed by atoms with van der Waals surface area (Å²) < 4.78 is 10.7. The van der Waals surface area contributed by atoms with Crippen LogP contribution in [0.4, 0.5) is 4.79 Å². The van der Waals surface area contributed by atoms with E-state index < -0.39 is 5.54 Å². The fraction of sp³-hybridized carbons (Fsp3) is 0.333. The van der Waals surface area contributed by atoms with Gasteiger partial charge in [0.25, 0.3) is 5.91 Å². The maximum Gasteiger partial charge on any atom is 0.325 e. The van der Waals surface area contributed by atoms with Crippen molar-refractivity contribution in [2.75, 3.05) is 6.79 Å². The van der Waals surface area contributed by atoms with Gasteiger partial charge in [-0.05, 0) is 60.6 Å². The zero-order valence-electron chi connectivity index (χ0n) is 15.1. The van der Waals surface area contributed by atoms with Gasteiger partial charge in [-0.25, -0.2) is 4.79 Å². The van der Waals surface area contributed by atoms with E-state index in [4.69, 9.17) is 9.47 Å². The van der Waals surface area contributed by atoms with Gasteiger partial charge < -0.3 is 14.8 Å². The SMILES string of the molecule is C[C@]1(c2ccc3c(c2)CCC3)NC(=O)N(Cc2ccc3c(c2)OCO3)C1=O. The first-order chi connectivity index (χ1) is 13.0. The molecular weight excluding hydrogens is 344 g/mol. The first-order valence-electron chi connectivity index (χ1n) is 9.19. The van der Waals surface area contributed by atoms with Crippen LogP contribution >= 0.6 is 0 Å². The van der Waals surface area contributed by atoms with E-state index in [0.29, 0.717) is 11.5 Å². The zero-order valence-corrected chi connectivity index (χ0v) is 15.1. The number of hydrogen-bond donors (Lipinski definition) is 1. The highest BCUT2D eigenvalue weighted by Gasteiger charge is 2.49. The third-order valence-electron chi connectivity index (χ3n) is 5.73. The largest absolute Gasteiger partial charge is 0.454 e. The number of hydrogen-bond acceptors (Lipinski definition) is 4. The van der Waals surface area contributed by atoms with Crippen molar-refractivity contribution < 1.29 is 19.1 Å². The number of nitrogens with one attached hydrogen (secondary N) is 1. The predicted molar refractivity (Wildman–Crippen MR) is 97.5 cm³/mol. The van der Waals surface area contributed by atoms with E-state index in [-0.39, 0.29) is 25.3 Å². The molecule has 6 heteroatoms. The lowest BCUT2D eigenvalue weighted by molar-refractivity contribution is -0.131. The Balaban J connectivity index is 1.42. The maximum absolute atomic E-state index is 13.2. The second kappa shape index (κ2) is 5.74. The van der Waals surface area contributed by atoms with Crippen LogP contribution in [0.5, 0.6) is 11.5 Å². The second-order valence-electron chi connectivity index (χ2n) is 7.47. The molecule has 138 valence electrons. The lowest BCUT2D eigenvalue weighted by atomic mass is 9.89. The Kier molecular flexibility index (Phi) is 3.44. The molecule has 0 saturated carbocycles. The summed E-state index contributed by atoms with van der Waals surface area (Å²) in [5.74, 6) is 1.09. The molecule has 1 N–H and O–H groups in total. The van der Waals surface area contributed by atoms with Crippen LogP contribution in [0.15, 0.2) is 36.4 Å². The summed E-state index contributed by atoms with van der Waals surface area (Å²) in [6.07, 6.45) is 3.26. The Morgan fingerprint density at radius 3 is 2.74 bits per heavy atom. The standard InChI is InChI=1S/C21H20N2O4/c1-21(16-7-6-14-3-2-4-15(14)10-16)19(24)23(20(25)22-21)11-13-5-8-17-18(9-13)27-12-26-17/h5-10H,2-4,11-12H2,1H3,(H,22,25)/t21-/m1/s1. The molecule has 2 aromatic carbocycles. The van der Waals surface area contributed by atoms with E-state index in [9.17, 15) is 9.59 Å². The van der Waals surface area contributed by atoms with Crippen LogP contribution in [0, 0.1) is 0 Å². The van der Waals surface area contributed by atoms with Crippen molar-refractivity contribution in [3.8, 4) is 11.5 Å². The summed E-state index contributed by atoms with van der Waals surface area (Å²) >= 11 is 0. The Morgan fingerprint density at radius 2 is 1.85 bits per heavy atom. The van der Waals surface area contributed by atoms with Crippen LogP contribution in [-0.2, 0) is 29.7 Å². The topological polar surface area (TPSA) is 67.9 Å². The lowest BCUT2D eigenvalue weighted by Crippen LogP contribution is -2.40. The summed E-state index contributed by atoms with van der Waals surface area (Å²) in [6.45, 7) is 2.17. The lowest BCUT2D eigenvalue weighted by Gasteiger charge is -2.23. The Labute approximate surface area is 157 Å². The number of amides is 3.